The topological polar surface area (TPSA) is 32.3 Å². The summed E-state index contributed by atoms with van der Waals surface area (Å²) in [6.45, 7) is 1.13. The van der Waals surface area contributed by atoms with Crippen LogP contribution >= 0.6 is 11.6 Å². The van der Waals surface area contributed by atoms with Crippen molar-refractivity contribution in [3.05, 3.63) is 34.6 Å². The van der Waals surface area contributed by atoms with Crippen LogP contribution in [0, 0.1) is 5.82 Å². The number of carbonyl (C=O) groups excluding carboxylic acids is 1. The molecule has 92 valence electrons. The minimum Gasteiger partial charge on any atom is -0.340 e. The summed E-state index contributed by atoms with van der Waals surface area (Å²) in [5.74, 6) is -0.337. The molecule has 1 heterocycles. The molecule has 1 atom stereocenters. The first kappa shape index (κ1) is 12.3. The van der Waals surface area contributed by atoms with Crippen LogP contribution in [0.3, 0.4) is 0 Å². The Morgan fingerprint density at radius 1 is 1.59 bits per heavy atom. The summed E-state index contributed by atoms with van der Waals surface area (Å²) < 4.78 is 13.0. The number of carbonyl (C=O) groups is 1. The highest BCUT2D eigenvalue weighted by molar-refractivity contribution is 6.30. The molecule has 17 heavy (non-hydrogen) atoms. The SMILES string of the molecule is CN1C(=O)CNCC1Cc1ccc(F)c(Cl)c1. The maximum absolute atomic E-state index is 13.0. The summed E-state index contributed by atoms with van der Waals surface area (Å²) in [5, 5.41) is 3.19. The molecule has 0 aliphatic carbocycles. The van der Waals surface area contributed by atoms with Gasteiger partial charge in [-0.3, -0.25) is 4.79 Å². The fourth-order valence-electron chi connectivity index (χ4n) is 1.96. The Hall–Kier alpha value is -1.13. The van der Waals surface area contributed by atoms with Crippen LogP contribution in [0.25, 0.3) is 0 Å². The number of benzene rings is 1. The van der Waals surface area contributed by atoms with Crippen LogP contribution in [0.2, 0.25) is 5.02 Å². The maximum Gasteiger partial charge on any atom is 0.236 e. The first-order valence-corrected chi connectivity index (χ1v) is 5.86. The van der Waals surface area contributed by atoms with Gasteiger partial charge in [-0.25, -0.2) is 4.39 Å². The molecule has 0 bridgehead atoms. The summed E-state index contributed by atoms with van der Waals surface area (Å²) in [4.78, 5) is 13.2. The Balaban J connectivity index is 2.09. The van der Waals surface area contributed by atoms with E-state index in [1.54, 1.807) is 24.1 Å². The third kappa shape index (κ3) is 2.76. The Bertz CT molecular complexity index is 439. The Morgan fingerprint density at radius 3 is 3.06 bits per heavy atom. The minimum absolute atomic E-state index is 0.0782. The molecule has 1 unspecified atom stereocenters. The van der Waals surface area contributed by atoms with Gasteiger partial charge in [0.2, 0.25) is 5.91 Å². The zero-order chi connectivity index (χ0) is 12.4. The number of likely N-dealkylation sites (N-methyl/N-ethyl adjacent to an activating group) is 1. The van der Waals surface area contributed by atoms with Gasteiger partial charge in [0.25, 0.3) is 0 Å². The quantitative estimate of drug-likeness (QED) is 0.869. The second kappa shape index (κ2) is 5.02. The summed E-state index contributed by atoms with van der Waals surface area (Å²) in [7, 11) is 1.79. The molecule has 1 fully saturated rings. The lowest BCUT2D eigenvalue weighted by Crippen LogP contribution is -2.53. The average molecular weight is 257 g/mol. The molecule has 1 aromatic carbocycles. The lowest BCUT2D eigenvalue weighted by Gasteiger charge is -2.33. The molecule has 1 N–H and O–H groups in total. The third-order valence-corrected chi connectivity index (χ3v) is 3.34. The number of amides is 1. The van der Waals surface area contributed by atoms with Crippen molar-refractivity contribution in [3.63, 3.8) is 0 Å². The van der Waals surface area contributed by atoms with E-state index in [9.17, 15) is 9.18 Å². The Kier molecular flexibility index (Phi) is 3.64. The van der Waals surface area contributed by atoms with E-state index in [2.05, 4.69) is 5.32 Å². The molecule has 1 aromatic rings. The minimum atomic E-state index is -0.415. The zero-order valence-electron chi connectivity index (χ0n) is 9.54. The highest BCUT2D eigenvalue weighted by atomic mass is 35.5. The van der Waals surface area contributed by atoms with Crippen molar-refractivity contribution < 1.29 is 9.18 Å². The van der Waals surface area contributed by atoms with E-state index in [0.717, 1.165) is 12.1 Å². The summed E-state index contributed by atoms with van der Waals surface area (Å²) in [6, 6.07) is 4.77. The molecule has 5 heteroatoms. The van der Waals surface area contributed by atoms with Crippen molar-refractivity contribution in [2.45, 2.75) is 12.5 Å². The monoisotopic (exact) mass is 256 g/mol. The smallest absolute Gasteiger partial charge is 0.236 e. The van der Waals surface area contributed by atoms with Crippen LogP contribution in [-0.2, 0) is 11.2 Å². The Morgan fingerprint density at radius 2 is 2.35 bits per heavy atom. The maximum atomic E-state index is 13.0. The first-order chi connectivity index (χ1) is 8.08. The van der Waals surface area contributed by atoms with Gasteiger partial charge in [-0.05, 0) is 24.1 Å². The standard InChI is InChI=1S/C12H14ClFN2O/c1-16-9(6-15-7-12(16)17)4-8-2-3-11(14)10(13)5-8/h2-3,5,9,15H,4,6-7H2,1H3. The fraction of sp³-hybridized carbons (Fsp3) is 0.417. The van der Waals surface area contributed by atoms with E-state index in [1.165, 1.54) is 6.07 Å². The Labute approximate surface area is 105 Å². The molecule has 2 rings (SSSR count). The fourth-order valence-corrected chi connectivity index (χ4v) is 2.16. The molecule has 1 aliphatic heterocycles. The van der Waals surface area contributed by atoms with Gasteiger partial charge < -0.3 is 10.2 Å². The van der Waals surface area contributed by atoms with Gasteiger partial charge in [-0.15, -0.1) is 0 Å². The third-order valence-electron chi connectivity index (χ3n) is 3.05. The lowest BCUT2D eigenvalue weighted by atomic mass is 10.0. The van der Waals surface area contributed by atoms with Crippen LogP contribution in [0.5, 0.6) is 0 Å². The average Bonchev–Trinajstić information content (AvgIpc) is 2.30. The van der Waals surface area contributed by atoms with Gasteiger partial charge in [0.05, 0.1) is 11.6 Å². The number of rotatable bonds is 2. The second-order valence-corrected chi connectivity index (χ2v) is 4.65. The zero-order valence-corrected chi connectivity index (χ0v) is 10.3. The van der Waals surface area contributed by atoms with E-state index in [4.69, 9.17) is 11.6 Å². The van der Waals surface area contributed by atoms with Crippen LogP contribution in [0.1, 0.15) is 5.56 Å². The number of nitrogens with one attached hydrogen (secondary N) is 1. The van der Waals surface area contributed by atoms with Gasteiger partial charge in [-0.1, -0.05) is 17.7 Å². The van der Waals surface area contributed by atoms with E-state index in [0.29, 0.717) is 13.0 Å². The molecular formula is C12H14ClFN2O. The van der Waals surface area contributed by atoms with Crippen molar-refractivity contribution in [1.82, 2.24) is 10.2 Å². The van der Waals surface area contributed by atoms with E-state index < -0.39 is 5.82 Å². The number of halogens is 2. The van der Waals surface area contributed by atoms with Crippen LogP contribution in [0.4, 0.5) is 4.39 Å². The van der Waals surface area contributed by atoms with E-state index in [1.807, 2.05) is 0 Å². The number of hydrogen-bond donors (Lipinski definition) is 1. The van der Waals surface area contributed by atoms with E-state index in [-0.39, 0.29) is 17.0 Å². The van der Waals surface area contributed by atoms with Gasteiger partial charge in [0, 0.05) is 19.6 Å². The van der Waals surface area contributed by atoms with Crippen LogP contribution in [-0.4, -0.2) is 37.0 Å². The van der Waals surface area contributed by atoms with Crippen molar-refractivity contribution in [1.29, 1.82) is 0 Å². The lowest BCUT2D eigenvalue weighted by molar-refractivity contribution is -0.133. The summed E-state index contributed by atoms with van der Waals surface area (Å²) >= 11 is 5.73. The predicted molar refractivity (Wildman–Crippen MR) is 64.5 cm³/mol. The highest BCUT2D eigenvalue weighted by Gasteiger charge is 2.24. The van der Waals surface area contributed by atoms with Crippen LogP contribution in [0.15, 0.2) is 18.2 Å². The van der Waals surface area contributed by atoms with Crippen molar-refractivity contribution >= 4 is 17.5 Å². The van der Waals surface area contributed by atoms with Gasteiger partial charge in [0.1, 0.15) is 5.82 Å². The second-order valence-electron chi connectivity index (χ2n) is 4.24. The number of hydrogen-bond acceptors (Lipinski definition) is 2. The van der Waals surface area contributed by atoms with Crippen molar-refractivity contribution in [3.8, 4) is 0 Å². The van der Waals surface area contributed by atoms with E-state index >= 15 is 0 Å². The normalized spacial score (nSPS) is 20.8. The summed E-state index contributed by atoms with van der Waals surface area (Å²) in [6.07, 6.45) is 0.676. The molecule has 0 spiro atoms. The predicted octanol–water partition coefficient (Wildman–Crippen LogP) is 1.45. The van der Waals surface area contributed by atoms with Crippen molar-refractivity contribution in [2.24, 2.45) is 0 Å². The van der Waals surface area contributed by atoms with Gasteiger partial charge in [0.15, 0.2) is 0 Å². The van der Waals surface area contributed by atoms with Crippen LogP contribution < -0.4 is 5.32 Å². The molecular weight excluding hydrogens is 243 g/mol. The molecule has 1 saturated heterocycles. The highest BCUT2D eigenvalue weighted by Crippen LogP contribution is 2.18. The molecule has 3 nitrogen and oxygen atoms in total. The molecule has 0 aromatic heterocycles. The molecule has 0 saturated carbocycles. The number of piperazine rings is 1. The molecule has 1 amide bonds. The largest absolute Gasteiger partial charge is 0.340 e. The number of nitrogens with zero attached hydrogens (tertiary/aromatic N) is 1. The molecule has 0 radical (unpaired) electrons. The molecule has 1 aliphatic rings. The first-order valence-electron chi connectivity index (χ1n) is 5.48. The van der Waals surface area contributed by atoms with Crippen molar-refractivity contribution in [2.75, 3.05) is 20.1 Å². The van der Waals surface area contributed by atoms with Gasteiger partial charge >= 0.3 is 0 Å². The van der Waals surface area contributed by atoms with Gasteiger partial charge in [-0.2, -0.15) is 0 Å². The summed E-state index contributed by atoms with van der Waals surface area (Å²) in [5.41, 5.74) is 0.935.